The summed E-state index contributed by atoms with van der Waals surface area (Å²) in [5.74, 6) is -1.29. The molecule has 2 N–H and O–H groups in total. The molecule has 98 valence electrons. The van der Waals surface area contributed by atoms with Gasteiger partial charge in [0.05, 0.1) is 0 Å². The number of carboxylic acids is 1. The van der Waals surface area contributed by atoms with Gasteiger partial charge in [-0.15, -0.1) is 0 Å². The highest BCUT2D eigenvalue weighted by Crippen LogP contribution is 2.21. The summed E-state index contributed by atoms with van der Waals surface area (Å²) in [4.78, 5) is 23.1. The molecule has 1 amide bonds. The van der Waals surface area contributed by atoms with Crippen LogP contribution in [-0.2, 0) is 15.1 Å². The zero-order valence-corrected chi connectivity index (χ0v) is 10.8. The number of aliphatic carboxylic acids is 1. The minimum atomic E-state index is -1.37. The quantitative estimate of drug-likeness (QED) is 0.813. The number of unbranched alkanes of at least 4 members (excludes halogenated alkanes) is 1. The Morgan fingerprint density at radius 1 is 1.28 bits per heavy atom. The van der Waals surface area contributed by atoms with E-state index in [0.717, 1.165) is 12.8 Å². The maximum atomic E-state index is 11.7. The third-order valence-electron chi connectivity index (χ3n) is 2.93. The van der Waals surface area contributed by atoms with Gasteiger partial charge in [-0.05, 0) is 18.9 Å². The highest BCUT2D eigenvalue weighted by atomic mass is 16.4. The van der Waals surface area contributed by atoms with Crippen LogP contribution < -0.4 is 5.32 Å². The van der Waals surface area contributed by atoms with E-state index >= 15 is 0 Å². The lowest BCUT2D eigenvalue weighted by Crippen LogP contribution is -2.49. The van der Waals surface area contributed by atoms with Crippen molar-refractivity contribution in [2.24, 2.45) is 0 Å². The number of carbonyl (C=O) groups excluding carboxylic acids is 1. The number of hydrogen-bond acceptors (Lipinski definition) is 2. The maximum absolute atomic E-state index is 11.7. The van der Waals surface area contributed by atoms with Crippen LogP contribution in [0.25, 0.3) is 0 Å². The first-order valence-corrected chi connectivity index (χ1v) is 6.10. The third-order valence-corrected chi connectivity index (χ3v) is 2.93. The van der Waals surface area contributed by atoms with Crippen LogP contribution in [0.15, 0.2) is 30.3 Å². The number of rotatable bonds is 6. The molecule has 1 aromatic rings. The molecule has 0 aliphatic heterocycles. The van der Waals surface area contributed by atoms with Crippen LogP contribution in [-0.4, -0.2) is 17.0 Å². The van der Waals surface area contributed by atoms with E-state index in [-0.39, 0.29) is 5.91 Å². The Morgan fingerprint density at radius 3 is 2.39 bits per heavy atom. The predicted octanol–water partition coefficient (Wildman–Crippen LogP) is 2.29. The molecular weight excluding hydrogens is 230 g/mol. The van der Waals surface area contributed by atoms with Gasteiger partial charge in [-0.25, -0.2) is 4.79 Å². The van der Waals surface area contributed by atoms with Crippen molar-refractivity contribution in [2.75, 3.05) is 0 Å². The lowest BCUT2D eigenvalue weighted by atomic mass is 9.92. The molecule has 0 saturated carbocycles. The molecule has 0 aliphatic rings. The van der Waals surface area contributed by atoms with E-state index in [0.29, 0.717) is 12.0 Å². The molecular formula is C14H19NO3. The normalized spacial score (nSPS) is 13.7. The molecule has 0 aromatic heterocycles. The van der Waals surface area contributed by atoms with Gasteiger partial charge in [0.25, 0.3) is 0 Å². The summed E-state index contributed by atoms with van der Waals surface area (Å²) in [5, 5.41) is 12.0. The fraction of sp³-hybridized carbons (Fsp3) is 0.429. The average molecular weight is 249 g/mol. The van der Waals surface area contributed by atoms with Crippen LogP contribution in [0.5, 0.6) is 0 Å². The maximum Gasteiger partial charge on any atom is 0.333 e. The zero-order chi connectivity index (χ0) is 13.6. The second-order valence-electron chi connectivity index (χ2n) is 4.45. The van der Waals surface area contributed by atoms with Gasteiger partial charge in [-0.1, -0.05) is 43.7 Å². The molecule has 0 fully saturated rings. The summed E-state index contributed by atoms with van der Waals surface area (Å²) in [7, 11) is 0. The van der Waals surface area contributed by atoms with Crippen molar-refractivity contribution in [1.82, 2.24) is 5.32 Å². The number of benzene rings is 1. The Bertz CT molecular complexity index is 416. The molecule has 0 bridgehead atoms. The Labute approximate surface area is 107 Å². The van der Waals surface area contributed by atoms with Crippen LogP contribution in [0.4, 0.5) is 0 Å². The number of nitrogens with one attached hydrogen (secondary N) is 1. The molecule has 0 heterocycles. The van der Waals surface area contributed by atoms with E-state index in [1.807, 2.05) is 13.0 Å². The lowest BCUT2D eigenvalue weighted by molar-refractivity contribution is -0.147. The Morgan fingerprint density at radius 2 is 1.89 bits per heavy atom. The Kier molecular flexibility index (Phi) is 4.89. The van der Waals surface area contributed by atoms with Crippen molar-refractivity contribution >= 4 is 11.9 Å². The van der Waals surface area contributed by atoms with Gasteiger partial charge in [0, 0.05) is 6.42 Å². The summed E-state index contributed by atoms with van der Waals surface area (Å²) in [5.41, 5.74) is -0.797. The smallest absolute Gasteiger partial charge is 0.333 e. The van der Waals surface area contributed by atoms with Crippen molar-refractivity contribution in [3.05, 3.63) is 35.9 Å². The first-order valence-electron chi connectivity index (χ1n) is 6.10. The fourth-order valence-electron chi connectivity index (χ4n) is 1.70. The van der Waals surface area contributed by atoms with Gasteiger partial charge in [0.15, 0.2) is 5.54 Å². The first-order chi connectivity index (χ1) is 8.50. The van der Waals surface area contributed by atoms with Crippen molar-refractivity contribution in [3.63, 3.8) is 0 Å². The lowest BCUT2D eigenvalue weighted by Gasteiger charge is -2.26. The Balaban J connectivity index is 2.89. The zero-order valence-electron chi connectivity index (χ0n) is 10.8. The van der Waals surface area contributed by atoms with E-state index < -0.39 is 11.5 Å². The summed E-state index contributed by atoms with van der Waals surface area (Å²) in [6.45, 7) is 3.50. The molecule has 4 heteroatoms. The van der Waals surface area contributed by atoms with Gasteiger partial charge < -0.3 is 10.4 Å². The van der Waals surface area contributed by atoms with Crippen LogP contribution in [0.1, 0.15) is 38.7 Å². The molecule has 1 rings (SSSR count). The Hall–Kier alpha value is -1.84. The van der Waals surface area contributed by atoms with Crippen molar-refractivity contribution < 1.29 is 14.7 Å². The summed E-state index contributed by atoms with van der Waals surface area (Å²) in [6, 6.07) is 8.73. The van der Waals surface area contributed by atoms with Gasteiger partial charge in [-0.3, -0.25) is 4.79 Å². The summed E-state index contributed by atoms with van der Waals surface area (Å²) < 4.78 is 0. The minimum absolute atomic E-state index is 0.231. The molecule has 0 aliphatic carbocycles. The largest absolute Gasteiger partial charge is 0.479 e. The van der Waals surface area contributed by atoms with Gasteiger partial charge in [0.1, 0.15) is 0 Å². The molecule has 1 atom stereocenters. The van der Waals surface area contributed by atoms with Crippen LogP contribution in [0.3, 0.4) is 0 Å². The topological polar surface area (TPSA) is 66.4 Å². The minimum Gasteiger partial charge on any atom is -0.479 e. The van der Waals surface area contributed by atoms with Crippen LogP contribution >= 0.6 is 0 Å². The van der Waals surface area contributed by atoms with Gasteiger partial charge in [0.2, 0.25) is 5.91 Å². The van der Waals surface area contributed by atoms with Gasteiger partial charge in [-0.2, -0.15) is 0 Å². The van der Waals surface area contributed by atoms with E-state index in [2.05, 4.69) is 5.32 Å². The molecule has 1 unspecified atom stereocenters. The van der Waals surface area contributed by atoms with E-state index in [1.54, 1.807) is 24.3 Å². The standard InChI is InChI=1S/C14H19NO3/c1-3-4-10-12(16)15-14(2,13(17)18)11-8-6-5-7-9-11/h5-9H,3-4,10H2,1-2H3,(H,15,16)(H,17,18). The molecule has 0 radical (unpaired) electrons. The number of carboxylic acid groups (broad SMARTS) is 1. The van der Waals surface area contributed by atoms with Crippen LogP contribution in [0, 0.1) is 0 Å². The average Bonchev–Trinajstić information content (AvgIpc) is 2.37. The monoisotopic (exact) mass is 249 g/mol. The molecule has 18 heavy (non-hydrogen) atoms. The third kappa shape index (κ3) is 3.32. The van der Waals surface area contributed by atoms with Crippen molar-refractivity contribution in [1.29, 1.82) is 0 Å². The van der Waals surface area contributed by atoms with Crippen molar-refractivity contribution in [2.45, 2.75) is 38.6 Å². The highest BCUT2D eigenvalue weighted by molar-refractivity contribution is 5.87. The second-order valence-corrected chi connectivity index (χ2v) is 4.45. The second kappa shape index (κ2) is 6.19. The highest BCUT2D eigenvalue weighted by Gasteiger charge is 2.36. The molecule has 4 nitrogen and oxygen atoms in total. The molecule has 0 saturated heterocycles. The predicted molar refractivity (Wildman–Crippen MR) is 69.1 cm³/mol. The summed E-state index contributed by atoms with van der Waals surface area (Å²) in [6.07, 6.45) is 2.02. The SMILES string of the molecule is CCCCC(=O)NC(C)(C(=O)O)c1ccccc1. The molecule has 0 spiro atoms. The number of amides is 1. The number of carbonyl (C=O) groups is 2. The number of hydrogen-bond donors (Lipinski definition) is 2. The summed E-state index contributed by atoms with van der Waals surface area (Å²) >= 11 is 0. The van der Waals surface area contributed by atoms with E-state index in [4.69, 9.17) is 0 Å². The van der Waals surface area contributed by atoms with Crippen LogP contribution in [0.2, 0.25) is 0 Å². The first kappa shape index (κ1) is 14.2. The van der Waals surface area contributed by atoms with E-state index in [1.165, 1.54) is 6.92 Å². The van der Waals surface area contributed by atoms with Gasteiger partial charge >= 0.3 is 5.97 Å². The fourth-order valence-corrected chi connectivity index (χ4v) is 1.70. The molecule has 1 aromatic carbocycles. The van der Waals surface area contributed by atoms with E-state index in [9.17, 15) is 14.7 Å². The van der Waals surface area contributed by atoms with Crippen molar-refractivity contribution in [3.8, 4) is 0 Å².